The summed E-state index contributed by atoms with van der Waals surface area (Å²) in [6.07, 6.45) is 7.16. The van der Waals surface area contributed by atoms with Crippen molar-refractivity contribution in [2.75, 3.05) is 43.0 Å². The van der Waals surface area contributed by atoms with Gasteiger partial charge in [0.15, 0.2) is 5.65 Å². The number of aliphatic hydroxyl groups is 1. The molecular formula is C18H19ClN6O2. The number of piperazine rings is 1. The molecule has 4 rings (SSSR count). The van der Waals surface area contributed by atoms with E-state index in [0.29, 0.717) is 37.0 Å². The van der Waals surface area contributed by atoms with Crippen LogP contribution < -0.4 is 10.2 Å². The van der Waals surface area contributed by atoms with Crippen molar-refractivity contribution < 1.29 is 9.90 Å². The van der Waals surface area contributed by atoms with Gasteiger partial charge < -0.3 is 24.6 Å². The first-order chi connectivity index (χ1) is 13.1. The second kappa shape index (κ2) is 7.42. The second-order valence-corrected chi connectivity index (χ2v) is 6.72. The number of nitrogens with zero attached hydrogens (tertiary/aromatic N) is 5. The molecule has 9 heteroatoms. The SMILES string of the molecule is O=C(CO)N1CCN(c2ccc(Nc3cc(Cl)cn4ccnc34)nc2)CC1. The Morgan fingerprint density at radius 1 is 1.22 bits per heavy atom. The Morgan fingerprint density at radius 3 is 2.74 bits per heavy atom. The Kier molecular flexibility index (Phi) is 4.83. The Labute approximate surface area is 161 Å². The van der Waals surface area contributed by atoms with Crippen molar-refractivity contribution in [1.82, 2.24) is 19.3 Å². The summed E-state index contributed by atoms with van der Waals surface area (Å²) >= 11 is 6.16. The van der Waals surface area contributed by atoms with E-state index < -0.39 is 6.61 Å². The topological polar surface area (TPSA) is 86.0 Å². The number of pyridine rings is 2. The molecule has 0 unspecified atom stereocenters. The highest BCUT2D eigenvalue weighted by Gasteiger charge is 2.20. The largest absolute Gasteiger partial charge is 0.387 e. The maximum atomic E-state index is 11.5. The van der Waals surface area contributed by atoms with E-state index in [1.807, 2.05) is 28.8 Å². The highest BCUT2D eigenvalue weighted by atomic mass is 35.5. The number of hydrogen-bond donors (Lipinski definition) is 2. The number of nitrogens with one attached hydrogen (secondary N) is 1. The molecule has 0 bridgehead atoms. The van der Waals surface area contributed by atoms with Gasteiger partial charge in [-0.2, -0.15) is 0 Å². The zero-order valence-electron chi connectivity index (χ0n) is 14.5. The van der Waals surface area contributed by atoms with E-state index in [9.17, 15) is 4.79 Å². The van der Waals surface area contributed by atoms with Gasteiger partial charge in [-0.3, -0.25) is 4.79 Å². The zero-order chi connectivity index (χ0) is 18.8. The van der Waals surface area contributed by atoms with Crippen molar-refractivity contribution in [3.8, 4) is 0 Å². The first-order valence-corrected chi connectivity index (χ1v) is 9.01. The summed E-state index contributed by atoms with van der Waals surface area (Å²) in [6.45, 7) is 2.18. The van der Waals surface area contributed by atoms with Gasteiger partial charge in [0.2, 0.25) is 5.91 Å². The lowest BCUT2D eigenvalue weighted by Crippen LogP contribution is -2.49. The number of hydrogen-bond acceptors (Lipinski definition) is 6. The zero-order valence-corrected chi connectivity index (χ0v) is 15.3. The molecule has 3 aromatic rings. The van der Waals surface area contributed by atoms with Crippen LogP contribution in [-0.2, 0) is 4.79 Å². The number of anilines is 3. The standard InChI is InChI=1S/C18H19ClN6O2/c19-13-9-15(18-20-3-4-25(18)11-13)22-16-2-1-14(10-21-16)23-5-7-24(8-6-23)17(27)12-26/h1-4,9-11,26H,5-8,12H2,(H,21,22). The van der Waals surface area contributed by atoms with Crippen LogP contribution in [0.1, 0.15) is 0 Å². The Bertz CT molecular complexity index is 950. The molecule has 0 saturated carbocycles. The number of carbonyl (C=O) groups excluding carboxylic acids is 1. The van der Waals surface area contributed by atoms with Crippen molar-refractivity contribution in [3.05, 3.63) is 48.0 Å². The first kappa shape index (κ1) is 17.6. The minimum atomic E-state index is -0.435. The fraction of sp³-hybridized carbons (Fsp3) is 0.278. The summed E-state index contributed by atoms with van der Waals surface area (Å²) in [5.41, 5.74) is 2.55. The fourth-order valence-electron chi connectivity index (χ4n) is 3.19. The number of aromatic nitrogens is 3. The highest BCUT2D eigenvalue weighted by Crippen LogP contribution is 2.25. The molecule has 0 atom stereocenters. The molecule has 8 nitrogen and oxygen atoms in total. The van der Waals surface area contributed by atoms with Gasteiger partial charge in [-0.05, 0) is 18.2 Å². The van der Waals surface area contributed by atoms with E-state index in [1.165, 1.54) is 0 Å². The monoisotopic (exact) mass is 386 g/mol. The van der Waals surface area contributed by atoms with E-state index in [-0.39, 0.29) is 5.91 Å². The summed E-state index contributed by atoms with van der Waals surface area (Å²) in [4.78, 5) is 24.2. The van der Waals surface area contributed by atoms with Gasteiger partial charge in [-0.1, -0.05) is 11.6 Å². The highest BCUT2D eigenvalue weighted by molar-refractivity contribution is 6.30. The van der Waals surface area contributed by atoms with E-state index in [0.717, 1.165) is 17.0 Å². The maximum Gasteiger partial charge on any atom is 0.248 e. The number of aliphatic hydroxyl groups excluding tert-OH is 1. The molecule has 0 aliphatic carbocycles. The Morgan fingerprint density at radius 2 is 2.04 bits per heavy atom. The smallest absolute Gasteiger partial charge is 0.248 e. The molecule has 2 N–H and O–H groups in total. The molecule has 140 valence electrons. The van der Waals surface area contributed by atoms with Crippen LogP contribution in [0.3, 0.4) is 0 Å². The summed E-state index contributed by atoms with van der Waals surface area (Å²) in [6, 6.07) is 5.71. The third-order valence-electron chi connectivity index (χ3n) is 4.60. The van der Waals surface area contributed by atoms with Crippen LogP contribution in [0, 0.1) is 0 Å². The van der Waals surface area contributed by atoms with Crippen molar-refractivity contribution >= 4 is 40.3 Å². The third kappa shape index (κ3) is 3.67. The van der Waals surface area contributed by atoms with Crippen LogP contribution in [0.15, 0.2) is 43.0 Å². The number of rotatable bonds is 4. The van der Waals surface area contributed by atoms with Gasteiger partial charge in [0, 0.05) is 44.8 Å². The van der Waals surface area contributed by atoms with Crippen LogP contribution in [0.25, 0.3) is 5.65 Å². The average Bonchev–Trinajstić information content (AvgIpc) is 3.17. The Hall–Kier alpha value is -2.84. The van der Waals surface area contributed by atoms with Crippen LogP contribution in [0.2, 0.25) is 5.02 Å². The number of imidazole rings is 1. The fourth-order valence-corrected chi connectivity index (χ4v) is 3.40. The lowest BCUT2D eigenvalue weighted by molar-refractivity contribution is -0.134. The predicted molar refractivity (Wildman–Crippen MR) is 104 cm³/mol. The molecule has 1 fully saturated rings. The molecule has 1 aliphatic rings. The van der Waals surface area contributed by atoms with Gasteiger partial charge in [0.25, 0.3) is 0 Å². The van der Waals surface area contributed by atoms with E-state index in [1.54, 1.807) is 23.5 Å². The predicted octanol–water partition coefficient (Wildman–Crippen LogP) is 1.77. The van der Waals surface area contributed by atoms with Gasteiger partial charge >= 0.3 is 0 Å². The van der Waals surface area contributed by atoms with Gasteiger partial charge in [0.05, 0.1) is 22.6 Å². The summed E-state index contributed by atoms with van der Waals surface area (Å²) in [5, 5.41) is 12.8. The number of fused-ring (bicyclic) bond motifs is 1. The summed E-state index contributed by atoms with van der Waals surface area (Å²) < 4.78 is 1.85. The van der Waals surface area contributed by atoms with Crippen LogP contribution in [0.5, 0.6) is 0 Å². The number of amides is 1. The van der Waals surface area contributed by atoms with Crippen molar-refractivity contribution in [1.29, 1.82) is 0 Å². The molecule has 0 radical (unpaired) electrons. The van der Waals surface area contributed by atoms with Crippen molar-refractivity contribution in [2.24, 2.45) is 0 Å². The average molecular weight is 387 g/mol. The molecule has 0 aromatic carbocycles. The second-order valence-electron chi connectivity index (χ2n) is 6.28. The molecular weight excluding hydrogens is 368 g/mol. The maximum absolute atomic E-state index is 11.5. The molecule has 4 heterocycles. The van der Waals surface area contributed by atoms with E-state index in [4.69, 9.17) is 16.7 Å². The molecule has 1 saturated heterocycles. The Balaban J connectivity index is 1.45. The first-order valence-electron chi connectivity index (χ1n) is 8.63. The number of carbonyl (C=O) groups is 1. The molecule has 3 aromatic heterocycles. The van der Waals surface area contributed by atoms with E-state index >= 15 is 0 Å². The van der Waals surface area contributed by atoms with E-state index in [2.05, 4.69) is 20.2 Å². The quantitative estimate of drug-likeness (QED) is 0.710. The summed E-state index contributed by atoms with van der Waals surface area (Å²) in [5.74, 6) is 0.471. The van der Waals surface area contributed by atoms with Crippen molar-refractivity contribution in [3.63, 3.8) is 0 Å². The molecule has 1 aliphatic heterocycles. The lowest BCUT2D eigenvalue weighted by Gasteiger charge is -2.35. The van der Waals surface area contributed by atoms with Crippen LogP contribution >= 0.6 is 11.6 Å². The number of halogens is 1. The molecule has 27 heavy (non-hydrogen) atoms. The molecule has 0 spiro atoms. The lowest BCUT2D eigenvalue weighted by atomic mass is 10.2. The third-order valence-corrected chi connectivity index (χ3v) is 4.80. The molecule has 1 amide bonds. The van der Waals surface area contributed by atoms with Gasteiger partial charge in [-0.25, -0.2) is 9.97 Å². The van der Waals surface area contributed by atoms with Crippen LogP contribution in [-0.4, -0.2) is 63.1 Å². The van der Waals surface area contributed by atoms with Gasteiger partial charge in [0.1, 0.15) is 12.4 Å². The normalized spacial score (nSPS) is 14.6. The minimum absolute atomic E-state index is 0.223. The summed E-state index contributed by atoms with van der Waals surface area (Å²) in [7, 11) is 0. The van der Waals surface area contributed by atoms with Crippen LogP contribution in [0.4, 0.5) is 17.2 Å². The van der Waals surface area contributed by atoms with Gasteiger partial charge in [-0.15, -0.1) is 0 Å². The minimum Gasteiger partial charge on any atom is -0.387 e. The van der Waals surface area contributed by atoms with Crippen molar-refractivity contribution in [2.45, 2.75) is 0 Å².